The summed E-state index contributed by atoms with van der Waals surface area (Å²) in [7, 11) is -3.89. The summed E-state index contributed by atoms with van der Waals surface area (Å²) in [6.45, 7) is 0. The van der Waals surface area contributed by atoms with Gasteiger partial charge in [-0.15, -0.1) is 0 Å². The minimum atomic E-state index is -3.89. The van der Waals surface area contributed by atoms with Gasteiger partial charge in [-0.1, -0.05) is 35.9 Å². The van der Waals surface area contributed by atoms with Gasteiger partial charge in [0, 0.05) is 0 Å². The second-order valence-corrected chi connectivity index (χ2v) is 5.18. The molecule has 0 fully saturated rings. The van der Waals surface area contributed by atoms with Crippen LogP contribution in [0.1, 0.15) is 17.5 Å². The van der Waals surface area contributed by atoms with Crippen molar-refractivity contribution in [2.75, 3.05) is 5.75 Å². The fourth-order valence-corrected chi connectivity index (χ4v) is 2.53. The Balaban J connectivity index is 2.30. The average Bonchev–Trinajstić information content (AvgIpc) is 2.15. The molecule has 0 bridgehead atoms. The predicted molar refractivity (Wildman–Crippen MR) is 59.2 cm³/mol. The number of benzene rings is 1. The van der Waals surface area contributed by atoms with E-state index in [1.165, 1.54) is 5.56 Å². The third-order valence-corrected chi connectivity index (χ3v) is 3.23. The number of aryl methyl sites for hydroxylation is 1. The van der Waals surface area contributed by atoms with Gasteiger partial charge in [0.1, 0.15) is 0 Å². The van der Waals surface area contributed by atoms with Crippen molar-refractivity contribution in [3.05, 3.63) is 41.0 Å². The predicted octanol–water partition coefficient (Wildman–Crippen LogP) is 1.90. The van der Waals surface area contributed by atoms with Crippen molar-refractivity contribution < 1.29 is 13.0 Å². The first kappa shape index (κ1) is 10.4. The zero-order valence-electron chi connectivity index (χ0n) is 8.18. The van der Waals surface area contributed by atoms with Crippen molar-refractivity contribution in [3.63, 3.8) is 0 Å². The average molecular weight is 224 g/mol. The van der Waals surface area contributed by atoms with Gasteiger partial charge in [-0.3, -0.25) is 4.55 Å². The highest BCUT2D eigenvalue weighted by molar-refractivity contribution is 7.86. The molecule has 1 aliphatic carbocycles. The molecule has 4 heteroatoms. The van der Waals surface area contributed by atoms with Crippen molar-refractivity contribution in [3.8, 4) is 0 Å². The first-order chi connectivity index (χ1) is 7.04. The van der Waals surface area contributed by atoms with Crippen molar-refractivity contribution in [1.82, 2.24) is 0 Å². The van der Waals surface area contributed by atoms with Crippen LogP contribution in [0.3, 0.4) is 0 Å². The Morgan fingerprint density at radius 3 is 2.67 bits per heavy atom. The molecule has 1 aromatic carbocycles. The molecular formula is C11H12O3S. The van der Waals surface area contributed by atoms with E-state index in [1.807, 2.05) is 30.3 Å². The summed E-state index contributed by atoms with van der Waals surface area (Å²) in [5.41, 5.74) is 3.06. The van der Waals surface area contributed by atoms with Gasteiger partial charge in [-0.05, 0) is 24.0 Å². The molecule has 0 saturated heterocycles. The zero-order valence-corrected chi connectivity index (χ0v) is 9.00. The molecule has 0 spiro atoms. The molecule has 15 heavy (non-hydrogen) atoms. The molecular weight excluding hydrogens is 212 g/mol. The molecule has 1 aliphatic rings. The summed E-state index contributed by atoms with van der Waals surface area (Å²) >= 11 is 0. The highest BCUT2D eigenvalue weighted by Gasteiger charge is 2.14. The number of hydrogen-bond acceptors (Lipinski definition) is 2. The third kappa shape index (κ3) is 2.67. The molecule has 2 rings (SSSR count). The van der Waals surface area contributed by atoms with Crippen LogP contribution in [0.4, 0.5) is 0 Å². The highest BCUT2D eigenvalue weighted by atomic mass is 32.2. The van der Waals surface area contributed by atoms with Crippen LogP contribution in [0, 0.1) is 0 Å². The van der Waals surface area contributed by atoms with Crippen LogP contribution in [0.25, 0.3) is 6.08 Å². The topological polar surface area (TPSA) is 54.4 Å². The lowest BCUT2D eigenvalue weighted by molar-refractivity contribution is 0.485. The smallest absolute Gasteiger partial charge is 0.268 e. The van der Waals surface area contributed by atoms with Crippen LogP contribution in [-0.4, -0.2) is 18.7 Å². The maximum Gasteiger partial charge on any atom is 0.268 e. The maximum atomic E-state index is 10.7. The van der Waals surface area contributed by atoms with Crippen molar-refractivity contribution in [2.24, 2.45) is 0 Å². The van der Waals surface area contributed by atoms with Crippen molar-refractivity contribution in [2.45, 2.75) is 12.8 Å². The van der Waals surface area contributed by atoms with E-state index in [0.717, 1.165) is 17.6 Å². The first-order valence-electron chi connectivity index (χ1n) is 4.77. The van der Waals surface area contributed by atoms with E-state index in [-0.39, 0.29) is 5.75 Å². The molecule has 0 saturated carbocycles. The first-order valence-corrected chi connectivity index (χ1v) is 6.38. The van der Waals surface area contributed by atoms with Gasteiger partial charge in [-0.25, -0.2) is 0 Å². The molecule has 1 N–H and O–H groups in total. The summed E-state index contributed by atoms with van der Waals surface area (Å²) in [6, 6.07) is 7.89. The van der Waals surface area contributed by atoms with E-state index >= 15 is 0 Å². The summed E-state index contributed by atoms with van der Waals surface area (Å²) in [6.07, 6.45) is 3.40. The number of fused-ring (bicyclic) bond motifs is 1. The van der Waals surface area contributed by atoms with Gasteiger partial charge < -0.3 is 0 Å². The quantitative estimate of drug-likeness (QED) is 0.781. The van der Waals surface area contributed by atoms with Crippen LogP contribution in [0.5, 0.6) is 0 Å². The van der Waals surface area contributed by atoms with E-state index in [4.69, 9.17) is 4.55 Å². The second kappa shape index (κ2) is 3.79. The molecule has 0 atom stereocenters. The van der Waals surface area contributed by atoms with Crippen LogP contribution < -0.4 is 0 Å². The van der Waals surface area contributed by atoms with Gasteiger partial charge in [0.25, 0.3) is 10.1 Å². The van der Waals surface area contributed by atoms with Crippen molar-refractivity contribution >= 4 is 16.2 Å². The lowest BCUT2D eigenvalue weighted by atomic mass is 9.93. The fourth-order valence-electron chi connectivity index (χ4n) is 1.84. The monoisotopic (exact) mass is 224 g/mol. The Labute approximate surface area is 89.2 Å². The Morgan fingerprint density at radius 1 is 1.20 bits per heavy atom. The van der Waals surface area contributed by atoms with Gasteiger partial charge >= 0.3 is 0 Å². The Kier molecular flexibility index (Phi) is 2.63. The lowest BCUT2D eigenvalue weighted by Crippen LogP contribution is -2.10. The van der Waals surface area contributed by atoms with Gasteiger partial charge in [0.15, 0.2) is 0 Å². The Bertz CT molecular complexity index is 500. The maximum absolute atomic E-state index is 10.7. The molecule has 0 radical (unpaired) electrons. The molecule has 80 valence electrons. The fraction of sp³-hybridized carbons (Fsp3) is 0.273. The summed E-state index contributed by atoms with van der Waals surface area (Å²) in [5, 5.41) is 0. The minimum Gasteiger partial charge on any atom is -0.285 e. The standard InChI is InChI=1S/C11H12O3S/c12-15(13,14)8-9-5-6-10-3-1-2-4-11(10)7-9/h1-4,7H,5-6,8H2,(H,12,13,14). The second-order valence-electron chi connectivity index (χ2n) is 3.73. The van der Waals surface area contributed by atoms with Crippen LogP contribution in [-0.2, 0) is 16.5 Å². The summed E-state index contributed by atoms with van der Waals surface area (Å²) in [4.78, 5) is 0. The molecule has 0 unspecified atom stereocenters. The molecule has 3 nitrogen and oxygen atoms in total. The minimum absolute atomic E-state index is 0.249. The summed E-state index contributed by atoms with van der Waals surface area (Å²) in [5.74, 6) is -0.249. The highest BCUT2D eigenvalue weighted by Crippen LogP contribution is 2.24. The van der Waals surface area contributed by atoms with E-state index in [2.05, 4.69) is 0 Å². The third-order valence-electron chi connectivity index (χ3n) is 2.50. The Hall–Kier alpha value is -1.13. The SMILES string of the molecule is O=S(=O)(O)CC1=Cc2ccccc2CC1. The van der Waals surface area contributed by atoms with Crippen LogP contribution >= 0.6 is 0 Å². The molecule has 0 aromatic heterocycles. The van der Waals surface area contributed by atoms with Crippen molar-refractivity contribution in [1.29, 1.82) is 0 Å². The normalized spacial score (nSPS) is 15.7. The van der Waals surface area contributed by atoms with Gasteiger partial charge in [0.2, 0.25) is 0 Å². The van der Waals surface area contributed by atoms with Gasteiger partial charge in [0.05, 0.1) is 5.75 Å². The largest absolute Gasteiger partial charge is 0.285 e. The number of hydrogen-bond donors (Lipinski definition) is 1. The Morgan fingerprint density at radius 2 is 1.93 bits per heavy atom. The zero-order chi connectivity index (χ0) is 10.9. The van der Waals surface area contributed by atoms with Crippen LogP contribution in [0.2, 0.25) is 0 Å². The molecule has 0 aliphatic heterocycles. The van der Waals surface area contributed by atoms with E-state index < -0.39 is 10.1 Å². The van der Waals surface area contributed by atoms with E-state index in [0.29, 0.717) is 6.42 Å². The summed E-state index contributed by atoms with van der Waals surface area (Å²) < 4.78 is 30.2. The van der Waals surface area contributed by atoms with Crippen LogP contribution in [0.15, 0.2) is 29.8 Å². The van der Waals surface area contributed by atoms with E-state index in [9.17, 15) is 8.42 Å². The lowest BCUT2D eigenvalue weighted by Gasteiger charge is -2.15. The molecule has 0 heterocycles. The molecule has 0 amide bonds. The number of rotatable bonds is 2. The van der Waals surface area contributed by atoms with E-state index in [1.54, 1.807) is 0 Å². The molecule has 1 aromatic rings. The van der Waals surface area contributed by atoms with Gasteiger partial charge in [-0.2, -0.15) is 8.42 Å².